The molecule has 4 aromatic rings. The van der Waals surface area contributed by atoms with Gasteiger partial charge in [-0.3, -0.25) is 9.36 Å². The number of carbonyl (C=O) groups excluding carboxylic acids is 1. The number of hydrogen-bond acceptors (Lipinski definition) is 4. The Morgan fingerprint density at radius 1 is 1.07 bits per heavy atom. The molecule has 0 aliphatic carbocycles. The summed E-state index contributed by atoms with van der Waals surface area (Å²) in [5.41, 5.74) is 2.60. The first-order valence-corrected chi connectivity index (χ1v) is 8.87. The Hall–Kier alpha value is -3.87. The van der Waals surface area contributed by atoms with Crippen molar-refractivity contribution in [3.8, 4) is 5.75 Å². The molecular weight excluding hydrogens is 375 g/mol. The zero-order valence-corrected chi connectivity index (χ0v) is 15.5. The number of methoxy groups -OCH3 is 1. The van der Waals surface area contributed by atoms with Crippen LogP contribution in [0.25, 0.3) is 11.1 Å². The van der Waals surface area contributed by atoms with Crippen molar-refractivity contribution in [1.29, 1.82) is 0 Å². The zero-order chi connectivity index (χ0) is 20.4. The van der Waals surface area contributed by atoms with E-state index < -0.39 is 5.76 Å². The maximum atomic E-state index is 13.1. The van der Waals surface area contributed by atoms with Crippen molar-refractivity contribution in [2.75, 3.05) is 12.4 Å². The number of benzene rings is 3. The van der Waals surface area contributed by atoms with Crippen LogP contribution >= 0.6 is 0 Å². The van der Waals surface area contributed by atoms with Crippen LogP contribution in [0.5, 0.6) is 5.75 Å². The number of oxazole rings is 1. The van der Waals surface area contributed by atoms with Gasteiger partial charge in [-0.1, -0.05) is 12.1 Å². The molecule has 0 atom stereocenters. The van der Waals surface area contributed by atoms with E-state index in [1.807, 2.05) is 0 Å². The van der Waals surface area contributed by atoms with Gasteiger partial charge in [0.25, 0.3) is 5.91 Å². The van der Waals surface area contributed by atoms with Crippen molar-refractivity contribution in [2.45, 2.75) is 6.54 Å². The molecule has 0 saturated carbocycles. The van der Waals surface area contributed by atoms with E-state index in [1.54, 1.807) is 61.7 Å². The van der Waals surface area contributed by atoms with E-state index in [2.05, 4.69) is 5.32 Å². The van der Waals surface area contributed by atoms with Gasteiger partial charge in [-0.25, -0.2) is 9.18 Å². The molecule has 0 unspecified atom stereocenters. The minimum atomic E-state index is -0.544. The Kier molecular flexibility index (Phi) is 4.87. The van der Waals surface area contributed by atoms with Crippen molar-refractivity contribution < 1.29 is 18.3 Å². The Morgan fingerprint density at radius 3 is 2.48 bits per heavy atom. The van der Waals surface area contributed by atoms with Crippen molar-refractivity contribution in [1.82, 2.24) is 4.57 Å². The molecule has 1 amide bonds. The minimum absolute atomic E-state index is 0.204. The van der Waals surface area contributed by atoms with Crippen LogP contribution in [0.1, 0.15) is 15.9 Å². The van der Waals surface area contributed by atoms with E-state index in [9.17, 15) is 14.0 Å². The predicted molar refractivity (Wildman–Crippen MR) is 107 cm³/mol. The highest BCUT2D eigenvalue weighted by Gasteiger charge is 2.14. The third-order valence-corrected chi connectivity index (χ3v) is 4.53. The second-order valence-corrected chi connectivity index (χ2v) is 6.45. The van der Waals surface area contributed by atoms with Gasteiger partial charge in [-0.05, 0) is 60.2 Å². The fourth-order valence-electron chi connectivity index (χ4n) is 3.00. The number of halogens is 1. The molecule has 0 bridgehead atoms. The lowest BCUT2D eigenvalue weighted by Crippen LogP contribution is -2.15. The summed E-state index contributed by atoms with van der Waals surface area (Å²) in [6.07, 6.45) is 0. The van der Waals surface area contributed by atoms with Crippen LogP contribution in [-0.4, -0.2) is 17.6 Å². The maximum absolute atomic E-state index is 13.1. The van der Waals surface area contributed by atoms with E-state index in [1.165, 1.54) is 16.7 Å². The molecule has 6 nitrogen and oxygen atoms in total. The van der Waals surface area contributed by atoms with Crippen LogP contribution in [0.2, 0.25) is 0 Å². The summed E-state index contributed by atoms with van der Waals surface area (Å²) in [6, 6.07) is 17.6. The summed E-state index contributed by atoms with van der Waals surface area (Å²) < 4.78 is 24.9. The molecule has 1 aromatic heterocycles. The molecule has 0 radical (unpaired) electrons. The van der Waals surface area contributed by atoms with Gasteiger partial charge in [0.05, 0.1) is 19.2 Å². The van der Waals surface area contributed by atoms with Gasteiger partial charge in [0, 0.05) is 11.3 Å². The highest BCUT2D eigenvalue weighted by atomic mass is 19.1. The minimum Gasteiger partial charge on any atom is -0.497 e. The predicted octanol–water partition coefficient (Wildman–Crippen LogP) is 4.04. The Labute approximate surface area is 165 Å². The van der Waals surface area contributed by atoms with Gasteiger partial charge < -0.3 is 14.5 Å². The van der Waals surface area contributed by atoms with Crippen molar-refractivity contribution >= 4 is 22.7 Å². The van der Waals surface area contributed by atoms with Gasteiger partial charge in [-0.15, -0.1) is 0 Å². The van der Waals surface area contributed by atoms with Crippen LogP contribution in [0, 0.1) is 5.82 Å². The summed E-state index contributed by atoms with van der Waals surface area (Å²) in [6.45, 7) is 0.204. The number of nitrogens with zero attached hydrogens (tertiary/aromatic N) is 1. The number of carbonyl (C=O) groups is 1. The molecule has 3 aromatic carbocycles. The first kappa shape index (κ1) is 18.5. The highest BCUT2D eigenvalue weighted by Crippen LogP contribution is 2.19. The van der Waals surface area contributed by atoms with Crippen LogP contribution in [-0.2, 0) is 6.54 Å². The van der Waals surface area contributed by atoms with Gasteiger partial charge in [0.2, 0.25) is 0 Å². The fraction of sp³-hybridized carbons (Fsp3) is 0.0909. The van der Waals surface area contributed by atoms with Gasteiger partial charge in [0.1, 0.15) is 11.6 Å². The van der Waals surface area contributed by atoms with Gasteiger partial charge in [0.15, 0.2) is 5.58 Å². The summed E-state index contributed by atoms with van der Waals surface area (Å²) >= 11 is 0. The Bertz CT molecular complexity index is 1220. The third-order valence-electron chi connectivity index (χ3n) is 4.53. The SMILES string of the molecule is COc1ccc(NC(=O)c2ccc3oc(=O)n(Cc4ccc(F)cc4)c3c2)cc1. The summed E-state index contributed by atoms with van der Waals surface area (Å²) in [5, 5.41) is 2.80. The number of fused-ring (bicyclic) bond motifs is 1. The molecule has 1 N–H and O–H groups in total. The van der Waals surface area contributed by atoms with E-state index in [0.29, 0.717) is 28.1 Å². The van der Waals surface area contributed by atoms with Gasteiger partial charge >= 0.3 is 5.76 Å². The molecule has 7 heteroatoms. The number of nitrogens with one attached hydrogen (secondary N) is 1. The molecular formula is C22H17FN2O4. The van der Waals surface area contributed by atoms with Crippen molar-refractivity contribution in [3.05, 3.63) is 94.2 Å². The molecule has 0 aliphatic rings. The summed E-state index contributed by atoms with van der Waals surface area (Å²) in [7, 11) is 1.57. The Balaban J connectivity index is 1.63. The summed E-state index contributed by atoms with van der Waals surface area (Å²) in [4.78, 5) is 24.9. The number of ether oxygens (including phenoxy) is 1. The molecule has 146 valence electrons. The van der Waals surface area contributed by atoms with Crippen LogP contribution in [0.15, 0.2) is 75.9 Å². The standard InChI is InChI=1S/C22H17FN2O4/c1-28-18-9-7-17(8-10-18)24-21(26)15-4-11-20-19(12-15)25(22(27)29-20)13-14-2-5-16(23)6-3-14/h2-12H,13H2,1H3,(H,24,26). The fourth-order valence-corrected chi connectivity index (χ4v) is 3.00. The van der Waals surface area contributed by atoms with E-state index in [-0.39, 0.29) is 18.3 Å². The molecule has 4 rings (SSSR count). The van der Waals surface area contributed by atoms with Crippen LogP contribution in [0.4, 0.5) is 10.1 Å². The smallest absolute Gasteiger partial charge is 0.420 e. The highest BCUT2D eigenvalue weighted by molar-refractivity contribution is 6.05. The van der Waals surface area contributed by atoms with E-state index in [4.69, 9.17) is 9.15 Å². The molecule has 0 spiro atoms. The number of aromatic nitrogens is 1. The van der Waals surface area contributed by atoms with Gasteiger partial charge in [-0.2, -0.15) is 0 Å². The monoisotopic (exact) mass is 392 g/mol. The average Bonchev–Trinajstić information content (AvgIpc) is 3.04. The van der Waals surface area contributed by atoms with E-state index in [0.717, 1.165) is 5.56 Å². The zero-order valence-electron chi connectivity index (χ0n) is 15.5. The topological polar surface area (TPSA) is 73.5 Å². The third kappa shape index (κ3) is 3.89. The van der Waals surface area contributed by atoms with Crippen molar-refractivity contribution in [3.63, 3.8) is 0 Å². The second-order valence-electron chi connectivity index (χ2n) is 6.45. The lowest BCUT2D eigenvalue weighted by atomic mass is 10.1. The largest absolute Gasteiger partial charge is 0.497 e. The average molecular weight is 392 g/mol. The number of hydrogen-bond donors (Lipinski definition) is 1. The molecule has 0 fully saturated rings. The first-order valence-electron chi connectivity index (χ1n) is 8.87. The maximum Gasteiger partial charge on any atom is 0.420 e. The molecule has 1 heterocycles. The normalized spacial score (nSPS) is 10.8. The lowest BCUT2D eigenvalue weighted by Gasteiger charge is -2.07. The molecule has 0 saturated heterocycles. The van der Waals surface area contributed by atoms with E-state index >= 15 is 0 Å². The molecule has 0 aliphatic heterocycles. The lowest BCUT2D eigenvalue weighted by molar-refractivity contribution is 0.102. The second kappa shape index (κ2) is 7.63. The number of amides is 1. The first-order chi connectivity index (χ1) is 14.0. The van der Waals surface area contributed by atoms with Crippen LogP contribution in [0.3, 0.4) is 0 Å². The number of rotatable bonds is 5. The number of anilines is 1. The van der Waals surface area contributed by atoms with Crippen LogP contribution < -0.4 is 15.8 Å². The van der Waals surface area contributed by atoms with Crippen molar-refractivity contribution in [2.24, 2.45) is 0 Å². The summed E-state index contributed by atoms with van der Waals surface area (Å²) in [5.74, 6) is -0.528. The molecule has 29 heavy (non-hydrogen) atoms. The quantitative estimate of drug-likeness (QED) is 0.556. The Morgan fingerprint density at radius 2 is 1.79 bits per heavy atom.